The van der Waals surface area contributed by atoms with Crippen LogP contribution in [0.1, 0.15) is 11.5 Å². The van der Waals surface area contributed by atoms with E-state index >= 15 is 0 Å². The maximum atomic E-state index is 5.37. The molecule has 0 fully saturated rings. The molecule has 7 aromatic carbocycles. The van der Waals surface area contributed by atoms with E-state index in [2.05, 4.69) is 185 Å². The number of anilines is 2. The average molecular weight is 718 g/mol. The first-order valence-corrected chi connectivity index (χ1v) is 19.1. The zero-order valence-electron chi connectivity index (χ0n) is 30.4. The minimum absolute atomic E-state index is 0.0117. The molecule has 264 valence electrons. The minimum atomic E-state index is -0.0117. The van der Waals surface area contributed by atoms with Crippen LogP contribution in [0.2, 0.25) is 0 Å². The van der Waals surface area contributed by atoms with Crippen molar-refractivity contribution >= 4 is 33.4 Å². The van der Waals surface area contributed by atoms with Crippen molar-refractivity contribution in [3.63, 3.8) is 0 Å². The third-order valence-electron chi connectivity index (χ3n) is 11.2. The first-order chi connectivity index (χ1) is 27.8. The monoisotopic (exact) mass is 717 g/mol. The summed E-state index contributed by atoms with van der Waals surface area (Å²) in [5.74, 6) is 2.04. The van der Waals surface area contributed by atoms with Gasteiger partial charge in [0.05, 0.1) is 22.8 Å². The SMILES string of the molecule is C1=CC2c3ccc4c(c3N(c3nc(-c5ccccc5)nc(-c5cccc(-c6ccccc6)c5)n3)C2C=C1)c1ccccc1n4-c1ccc(-c2ccccc2)cc1. The summed E-state index contributed by atoms with van der Waals surface area (Å²) in [6, 6.07) is 62.0. The maximum absolute atomic E-state index is 5.37. The summed E-state index contributed by atoms with van der Waals surface area (Å²) in [5.41, 5.74) is 12.4. The van der Waals surface area contributed by atoms with Crippen LogP contribution in [-0.4, -0.2) is 25.6 Å². The quantitative estimate of drug-likeness (QED) is 0.172. The first-order valence-electron chi connectivity index (χ1n) is 19.1. The second kappa shape index (κ2) is 13.2. The molecule has 2 atom stereocenters. The fourth-order valence-electron chi connectivity index (χ4n) is 8.60. The van der Waals surface area contributed by atoms with Crippen molar-refractivity contribution in [1.29, 1.82) is 0 Å². The molecule has 2 aromatic heterocycles. The predicted octanol–water partition coefficient (Wildman–Crippen LogP) is 12.4. The third-order valence-corrected chi connectivity index (χ3v) is 11.2. The number of fused-ring (bicyclic) bond motifs is 7. The van der Waals surface area contributed by atoms with Crippen LogP contribution in [0.5, 0.6) is 0 Å². The van der Waals surface area contributed by atoms with E-state index in [4.69, 9.17) is 15.0 Å². The van der Waals surface area contributed by atoms with Crippen molar-refractivity contribution in [2.24, 2.45) is 0 Å². The lowest BCUT2D eigenvalue weighted by molar-refractivity contribution is 0.728. The van der Waals surface area contributed by atoms with Crippen molar-refractivity contribution in [2.45, 2.75) is 12.0 Å². The van der Waals surface area contributed by atoms with E-state index in [1.54, 1.807) is 0 Å². The molecular weight excluding hydrogens is 683 g/mol. The summed E-state index contributed by atoms with van der Waals surface area (Å²) in [7, 11) is 0. The molecule has 0 saturated carbocycles. The molecule has 9 aromatic rings. The molecule has 11 rings (SSSR count). The molecule has 2 unspecified atom stereocenters. The Morgan fingerprint density at radius 3 is 1.77 bits per heavy atom. The van der Waals surface area contributed by atoms with Gasteiger partial charge in [0.25, 0.3) is 0 Å². The van der Waals surface area contributed by atoms with Crippen molar-refractivity contribution in [3.8, 4) is 50.7 Å². The number of hydrogen-bond acceptors (Lipinski definition) is 4. The smallest absolute Gasteiger partial charge is 0.234 e. The van der Waals surface area contributed by atoms with E-state index in [9.17, 15) is 0 Å². The van der Waals surface area contributed by atoms with Crippen LogP contribution in [0.25, 0.3) is 72.5 Å². The van der Waals surface area contributed by atoms with E-state index in [-0.39, 0.29) is 12.0 Å². The number of rotatable bonds is 6. The van der Waals surface area contributed by atoms with Gasteiger partial charge >= 0.3 is 0 Å². The van der Waals surface area contributed by atoms with Gasteiger partial charge in [-0.25, -0.2) is 4.98 Å². The van der Waals surface area contributed by atoms with Gasteiger partial charge < -0.3 is 9.47 Å². The normalized spacial score (nSPS) is 15.7. The summed E-state index contributed by atoms with van der Waals surface area (Å²) < 4.78 is 2.40. The summed E-state index contributed by atoms with van der Waals surface area (Å²) >= 11 is 0. The molecule has 0 saturated heterocycles. The lowest BCUT2D eigenvalue weighted by atomic mass is 9.91. The Morgan fingerprint density at radius 1 is 0.429 bits per heavy atom. The fourth-order valence-corrected chi connectivity index (χ4v) is 8.60. The molecule has 56 heavy (non-hydrogen) atoms. The number of allylic oxidation sites excluding steroid dienone is 2. The fraction of sp³-hybridized carbons (Fsp3) is 0.0392. The van der Waals surface area contributed by atoms with Gasteiger partial charge in [0.1, 0.15) is 0 Å². The Bertz CT molecular complexity index is 2970. The molecule has 5 heteroatoms. The first kappa shape index (κ1) is 32.1. The highest BCUT2D eigenvalue weighted by Gasteiger charge is 2.41. The largest absolute Gasteiger partial charge is 0.309 e. The Labute approximate surface area is 325 Å². The van der Waals surface area contributed by atoms with Gasteiger partial charge in [-0.1, -0.05) is 170 Å². The Balaban J connectivity index is 1.14. The van der Waals surface area contributed by atoms with Gasteiger partial charge in [0, 0.05) is 33.5 Å². The van der Waals surface area contributed by atoms with Crippen LogP contribution in [0.3, 0.4) is 0 Å². The molecule has 0 bridgehead atoms. The standard InChI is InChI=1S/C51H35N5/c1-4-15-34(16-5-1)36-27-29-40(30-28-36)55-45-26-13-11-24-43(45)47-46(55)32-31-42-41-23-10-12-25-44(41)56(48(42)47)51-53-49(37-19-8-3-9-20-37)52-50(54-51)39-22-14-21-38(33-39)35-17-6-2-7-18-35/h1-33,41,44H. The number of para-hydroxylation sites is 1. The van der Waals surface area contributed by atoms with Gasteiger partial charge in [-0.2, -0.15) is 9.97 Å². The average Bonchev–Trinajstić information content (AvgIpc) is 3.80. The summed E-state index contributed by atoms with van der Waals surface area (Å²) in [6.07, 6.45) is 8.93. The topological polar surface area (TPSA) is 46.8 Å². The number of benzene rings is 7. The highest BCUT2D eigenvalue weighted by Crippen LogP contribution is 2.52. The second-order valence-electron chi connectivity index (χ2n) is 14.4. The van der Waals surface area contributed by atoms with E-state index in [0.29, 0.717) is 17.6 Å². The minimum Gasteiger partial charge on any atom is -0.309 e. The molecule has 0 amide bonds. The van der Waals surface area contributed by atoms with E-state index in [1.807, 2.05) is 24.3 Å². The van der Waals surface area contributed by atoms with Crippen molar-refractivity contribution in [3.05, 3.63) is 206 Å². The van der Waals surface area contributed by atoms with Gasteiger partial charge in [-0.05, 0) is 58.1 Å². The van der Waals surface area contributed by atoms with Crippen molar-refractivity contribution in [2.75, 3.05) is 4.90 Å². The number of hydrogen-bond donors (Lipinski definition) is 0. The Kier molecular flexibility index (Phi) is 7.56. The molecule has 3 heterocycles. The molecule has 5 nitrogen and oxygen atoms in total. The molecule has 0 N–H and O–H groups in total. The lowest BCUT2D eigenvalue weighted by Gasteiger charge is -2.27. The van der Waals surface area contributed by atoms with Crippen LogP contribution < -0.4 is 4.90 Å². The maximum Gasteiger partial charge on any atom is 0.234 e. The van der Waals surface area contributed by atoms with Crippen LogP contribution >= 0.6 is 0 Å². The molecule has 0 spiro atoms. The van der Waals surface area contributed by atoms with E-state index in [1.165, 1.54) is 27.5 Å². The Hall–Kier alpha value is -7.37. The Morgan fingerprint density at radius 2 is 1.02 bits per heavy atom. The van der Waals surface area contributed by atoms with Crippen LogP contribution in [0.4, 0.5) is 11.6 Å². The molecular formula is C51H35N5. The van der Waals surface area contributed by atoms with Gasteiger partial charge in [0.2, 0.25) is 5.95 Å². The van der Waals surface area contributed by atoms with E-state index < -0.39 is 0 Å². The molecule has 1 aliphatic heterocycles. The molecule has 0 radical (unpaired) electrons. The highest BCUT2D eigenvalue weighted by molar-refractivity contribution is 6.17. The summed E-state index contributed by atoms with van der Waals surface area (Å²) in [5, 5.41) is 2.38. The van der Waals surface area contributed by atoms with Crippen LogP contribution in [-0.2, 0) is 0 Å². The lowest BCUT2D eigenvalue weighted by Crippen LogP contribution is -2.30. The zero-order valence-corrected chi connectivity index (χ0v) is 30.4. The van der Waals surface area contributed by atoms with Gasteiger partial charge in [-0.15, -0.1) is 0 Å². The summed E-state index contributed by atoms with van der Waals surface area (Å²) in [4.78, 5) is 18.2. The molecule has 2 aliphatic rings. The van der Waals surface area contributed by atoms with Crippen LogP contribution in [0, 0.1) is 0 Å². The van der Waals surface area contributed by atoms with Crippen molar-refractivity contribution < 1.29 is 0 Å². The number of aromatic nitrogens is 4. The zero-order chi connectivity index (χ0) is 37.0. The van der Waals surface area contributed by atoms with Gasteiger partial charge in [-0.3, -0.25) is 0 Å². The number of nitrogens with zero attached hydrogens (tertiary/aromatic N) is 5. The van der Waals surface area contributed by atoms with E-state index in [0.717, 1.165) is 44.7 Å². The van der Waals surface area contributed by atoms with Crippen molar-refractivity contribution in [1.82, 2.24) is 19.5 Å². The summed E-state index contributed by atoms with van der Waals surface area (Å²) in [6.45, 7) is 0. The third kappa shape index (κ3) is 5.28. The highest BCUT2D eigenvalue weighted by atomic mass is 15.3. The molecule has 1 aliphatic carbocycles. The van der Waals surface area contributed by atoms with Gasteiger partial charge in [0.15, 0.2) is 11.6 Å². The predicted molar refractivity (Wildman–Crippen MR) is 229 cm³/mol. The van der Waals surface area contributed by atoms with Crippen LogP contribution in [0.15, 0.2) is 200 Å². The second-order valence-corrected chi connectivity index (χ2v) is 14.4.